The summed E-state index contributed by atoms with van der Waals surface area (Å²) in [6, 6.07) is -0.352. The third-order valence-corrected chi connectivity index (χ3v) is 7.28. The smallest absolute Gasteiger partial charge is 0.250 e. The molecule has 0 bridgehead atoms. The number of nitrogens with zero attached hydrogens (tertiary/aromatic N) is 2. The van der Waals surface area contributed by atoms with E-state index in [-0.39, 0.29) is 17.9 Å². The molecule has 1 atom stereocenters. The molecule has 2 aliphatic rings. The molecule has 1 unspecified atom stereocenters. The fraction of sp³-hybridized carbons (Fsp3) is 0.650. The molecule has 148 valence electrons. The molecule has 0 radical (unpaired) electrons. The number of carbonyl (C=O) groups is 2. The van der Waals surface area contributed by atoms with Gasteiger partial charge in [0, 0.05) is 29.2 Å². The Morgan fingerprint density at radius 1 is 1.33 bits per heavy atom. The molecule has 0 saturated carbocycles. The zero-order chi connectivity index (χ0) is 19.2. The SMILES string of the molecule is CC/C=C(/C)C(=O)N1CSCC1C(=O)NCCCc1nc2c(s1)CCCC2. The molecule has 1 aliphatic heterocycles. The molecule has 3 rings (SSSR count). The number of aromatic nitrogens is 1. The van der Waals surface area contributed by atoms with E-state index in [0.29, 0.717) is 18.2 Å². The summed E-state index contributed by atoms with van der Waals surface area (Å²) in [5.74, 6) is 1.22. The molecule has 7 heteroatoms. The van der Waals surface area contributed by atoms with Crippen LogP contribution in [-0.4, -0.2) is 45.9 Å². The number of hydrogen-bond acceptors (Lipinski definition) is 5. The third kappa shape index (κ3) is 5.13. The molecular weight excluding hydrogens is 378 g/mol. The van der Waals surface area contributed by atoms with Crippen LogP contribution in [-0.2, 0) is 28.9 Å². The van der Waals surface area contributed by atoms with Crippen LogP contribution in [0.3, 0.4) is 0 Å². The highest BCUT2D eigenvalue weighted by Gasteiger charge is 2.34. The number of thioether (sulfide) groups is 1. The van der Waals surface area contributed by atoms with Gasteiger partial charge in [-0.15, -0.1) is 23.1 Å². The molecule has 0 aromatic carbocycles. The normalized spacial score (nSPS) is 19.9. The Hall–Kier alpha value is -1.34. The van der Waals surface area contributed by atoms with Crippen molar-refractivity contribution in [2.45, 2.75) is 64.8 Å². The quantitative estimate of drug-likeness (QED) is 0.556. The fourth-order valence-electron chi connectivity index (χ4n) is 3.56. The molecule has 1 saturated heterocycles. The largest absolute Gasteiger partial charge is 0.354 e. The Bertz CT molecular complexity index is 691. The maximum absolute atomic E-state index is 12.6. The second kappa shape index (κ2) is 9.73. The maximum Gasteiger partial charge on any atom is 0.250 e. The van der Waals surface area contributed by atoms with Crippen molar-refractivity contribution in [3.8, 4) is 0 Å². The van der Waals surface area contributed by atoms with Crippen LogP contribution in [0.2, 0.25) is 0 Å². The highest BCUT2D eigenvalue weighted by atomic mass is 32.2. The van der Waals surface area contributed by atoms with Crippen LogP contribution < -0.4 is 5.32 Å². The van der Waals surface area contributed by atoms with Crippen molar-refractivity contribution >= 4 is 34.9 Å². The lowest BCUT2D eigenvalue weighted by molar-refractivity contribution is -0.135. The van der Waals surface area contributed by atoms with Gasteiger partial charge in [0.15, 0.2) is 0 Å². The third-order valence-electron chi connectivity index (χ3n) is 5.05. The zero-order valence-corrected chi connectivity index (χ0v) is 17.9. The van der Waals surface area contributed by atoms with E-state index in [1.807, 2.05) is 31.3 Å². The van der Waals surface area contributed by atoms with Crippen molar-refractivity contribution in [3.63, 3.8) is 0 Å². The molecule has 27 heavy (non-hydrogen) atoms. The van der Waals surface area contributed by atoms with Gasteiger partial charge in [-0.25, -0.2) is 4.98 Å². The van der Waals surface area contributed by atoms with E-state index >= 15 is 0 Å². The second-order valence-electron chi connectivity index (χ2n) is 7.17. The van der Waals surface area contributed by atoms with E-state index in [1.165, 1.54) is 34.8 Å². The number of rotatable bonds is 7. The van der Waals surface area contributed by atoms with E-state index in [9.17, 15) is 9.59 Å². The minimum absolute atomic E-state index is 0.0182. The molecule has 2 heterocycles. The van der Waals surface area contributed by atoms with Crippen LogP contribution in [0.15, 0.2) is 11.6 Å². The minimum atomic E-state index is -0.352. The number of hydrogen-bond donors (Lipinski definition) is 1. The van der Waals surface area contributed by atoms with Gasteiger partial charge in [0.25, 0.3) is 5.91 Å². The first-order valence-corrected chi connectivity index (χ1v) is 11.9. The first-order valence-electron chi connectivity index (χ1n) is 9.90. The number of carbonyl (C=O) groups excluding carboxylic acids is 2. The summed E-state index contributed by atoms with van der Waals surface area (Å²) in [4.78, 5) is 33.0. The van der Waals surface area contributed by atoms with Crippen molar-refractivity contribution in [2.75, 3.05) is 18.2 Å². The van der Waals surface area contributed by atoms with Crippen molar-refractivity contribution in [1.82, 2.24) is 15.2 Å². The lowest BCUT2D eigenvalue weighted by Crippen LogP contribution is -2.47. The molecular formula is C20H29N3O2S2. The van der Waals surface area contributed by atoms with Crippen molar-refractivity contribution in [3.05, 3.63) is 27.2 Å². The first kappa shape index (κ1) is 20.4. The Kier molecular flexibility index (Phi) is 7.35. The average molecular weight is 408 g/mol. The van der Waals surface area contributed by atoms with E-state index in [1.54, 1.807) is 16.7 Å². The number of aryl methyl sites for hydroxylation is 3. The molecule has 1 N–H and O–H groups in total. The summed E-state index contributed by atoms with van der Waals surface area (Å²) in [6.45, 7) is 4.48. The lowest BCUT2D eigenvalue weighted by atomic mass is 10.0. The summed E-state index contributed by atoms with van der Waals surface area (Å²) in [6.07, 6.45) is 9.40. The predicted octanol–water partition coefficient (Wildman–Crippen LogP) is 3.33. The summed E-state index contributed by atoms with van der Waals surface area (Å²) in [7, 11) is 0. The van der Waals surface area contributed by atoms with Crippen LogP contribution in [0.5, 0.6) is 0 Å². The molecule has 1 fully saturated rings. The number of allylic oxidation sites excluding steroid dienone is 1. The van der Waals surface area contributed by atoms with E-state index in [2.05, 4.69) is 5.32 Å². The van der Waals surface area contributed by atoms with Crippen molar-refractivity contribution in [2.24, 2.45) is 0 Å². The molecule has 2 amide bonds. The molecule has 1 aliphatic carbocycles. The highest BCUT2D eigenvalue weighted by Crippen LogP contribution is 2.27. The van der Waals surface area contributed by atoms with Gasteiger partial charge in [0.05, 0.1) is 16.6 Å². The Labute approximate surface area is 170 Å². The molecule has 0 spiro atoms. The van der Waals surface area contributed by atoms with Gasteiger partial charge in [-0.1, -0.05) is 13.0 Å². The Balaban J connectivity index is 1.45. The fourth-order valence-corrected chi connectivity index (χ4v) is 5.91. The van der Waals surface area contributed by atoms with Gasteiger partial charge in [0.1, 0.15) is 6.04 Å². The number of thiazole rings is 1. The average Bonchev–Trinajstić information content (AvgIpc) is 3.31. The molecule has 1 aromatic heterocycles. The number of fused-ring (bicyclic) bond motifs is 1. The van der Waals surface area contributed by atoms with Crippen LogP contribution in [0.4, 0.5) is 0 Å². The van der Waals surface area contributed by atoms with Crippen molar-refractivity contribution in [1.29, 1.82) is 0 Å². The topological polar surface area (TPSA) is 62.3 Å². The van der Waals surface area contributed by atoms with Crippen LogP contribution >= 0.6 is 23.1 Å². The van der Waals surface area contributed by atoms with Gasteiger partial charge < -0.3 is 10.2 Å². The Morgan fingerprint density at radius 2 is 2.15 bits per heavy atom. The Morgan fingerprint density at radius 3 is 2.93 bits per heavy atom. The minimum Gasteiger partial charge on any atom is -0.354 e. The second-order valence-corrected chi connectivity index (χ2v) is 9.33. The van der Waals surface area contributed by atoms with E-state index in [0.717, 1.165) is 31.3 Å². The summed E-state index contributed by atoms with van der Waals surface area (Å²) >= 11 is 3.49. The summed E-state index contributed by atoms with van der Waals surface area (Å²) in [5, 5.41) is 4.22. The zero-order valence-electron chi connectivity index (χ0n) is 16.3. The van der Waals surface area contributed by atoms with Gasteiger partial charge >= 0.3 is 0 Å². The van der Waals surface area contributed by atoms with Crippen LogP contribution in [0, 0.1) is 0 Å². The first-order chi connectivity index (χ1) is 13.1. The van der Waals surface area contributed by atoms with Crippen LogP contribution in [0.1, 0.15) is 55.1 Å². The van der Waals surface area contributed by atoms with Gasteiger partial charge in [-0.2, -0.15) is 0 Å². The standard InChI is InChI=1S/C20H29N3O2S2/c1-3-7-14(2)20(25)23-13-26-12-16(23)19(24)21-11-6-10-18-22-15-8-4-5-9-17(15)27-18/h7,16H,3-6,8-13H2,1-2H3,(H,21,24)/b14-7-. The maximum atomic E-state index is 12.6. The van der Waals surface area contributed by atoms with Crippen LogP contribution in [0.25, 0.3) is 0 Å². The van der Waals surface area contributed by atoms with Gasteiger partial charge in [0.2, 0.25) is 5.91 Å². The van der Waals surface area contributed by atoms with Crippen molar-refractivity contribution < 1.29 is 9.59 Å². The van der Waals surface area contributed by atoms with E-state index in [4.69, 9.17) is 4.98 Å². The number of nitrogens with one attached hydrogen (secondary N) is 1. The highest BCUT2D eigenvalue weighted by molar-refractivity contribution is 7.99. The predicted molar refractivity (Wildman–Crippen MR) is 112 cm³/mol. The summed E-state index contributed by atoms with van der Waals surface area (Å²) in [5.41, 5.74) is 2.03. The molecule has 5 nitrogen and oxygen atoms in total. The summed E-state index contributed by atoms with van der Waals surface area (Å²) < 4.78 is 0. The number of amides is 2. The lowest BCUT2D eigenvalue weighted by Gasteiger charge is -2.23. The monoisotopic (exact) mass is 407 g/mol. The van der Waals surface area contributed by atoms with E-state index < -0.39 is 0 Å². The molecule has 1 aromatic rings. The van der Waals surface area contributed by atoms with Gasteiger partial charge in [-0.05, 0) is 45.4 Å². The van der Waals surface area contributed by atoms with Gasteiger partial charge in [-0.3, -0.25) is 9.59 Å².